The predicted octanol–water partition coefficient (Wildman–Crippen LogP) is 4.05. The normalized spacial score (nSPS) is 18.1. The van der Waals surface area contributed by atoms with Gasteiger partial charge < -0.3 is 34.4 Å². The molecule has 2 fully saturated rings. The van der Waals surface area contributed by atoms with Gasteiger partial charge in [-0.1, -0.05) is 12.2 Å². The summed E-state index contributed by atoms with van der Waals surface area (Å²) in [5.41, 5.74) is 10.4. The molecular weight excluding hydrogens is 835 g/mol. The number of primary amides is 1. The molecule has 2 aromatic carbocycles. The minimum absolute atomic E-state index is 0.159. The second kappa shape index (κ2) is 18.2. The van der Waals surface area contributed by atoms with E-state index >= 15 is 0 Å². The number of ether oxygens (including phenoxy) is 3. The van der Waals surface area contributed by atoms with Crippen LogP contribution in [0, 0.1) is 13.8 Å². The van der Waals surface area contributed by atoms with E-state index in [4.69, 9.17) is 29.9 Å². The summed E-state index contributed by atoms with van der Waals surface area (Å²) in [6, 6.07) is 9.97. The molecule has 6 aromatic rings. The molecule has 65 heavy (non-hydrogen) atoms. The van der Waals surface area contributed by atoms with Crippen molar-refractivity contribution >= 4 is 57.6 Å². The van der Waals surface area contributed by atoms with Crippen LogP contribution in [0.5, 0.6) is 11.5 Å². The molecule has 4 amide bonds. The number of fused-ring (bicyclic) bond motifs is 2. The van der Waals surface area contributed by atoms with Crippen molar-refractivity contribution < 1.29 is 33.4 Å². The van der Waals surface area contributed by atoms with Crippen LogP contribution >= 0.6 is 0 Å². The monoisotopic (exact) mass is 887 g/mol. The molecule has 0 saturated carbocycles. The van der Waals surface area contributed by atoms with E-state index in [0.717, 1.165) is 25.9 Å². The SMILES string of the molecule is CCn1nc(C)cc1C(=O)Nc1nc2cc(C(N)=O)cc3c2n1C/C=C/Cn1c(NC(=O)c2cc(C)nn2CC)nc2cc(C(=O)NCCN4CC5CCC(C4)O5)cc(c21)OCCCO3. The summed E-state index contributed by atoms with van der Waals surface area (Å²) >= 11 is 0. The maximum absolute atomic E-state index is 13.9. The second-order valence-corrected chi connectivity index (χ2v) is 16.5. The van der Waals surface area contributed by atoms with Crippen molar-refractivity contribution in [2.45, 2.75) is 85.3 Å². The van der Waals surface area contributed by atoms with Gasteiger partial charge in [-0.25, -0.2) is 9.97 Å². The fourth-order valence-electron chi connectivity index (χ4n) is 8.86. The van der Waals surface area contributed by atoms with Crippen LogP contribution in [0.3, 0.4) is 0 Å². The molecule has 4 aromatic heterocycles. The molecule has 9 rings (SSSR count). The Bertz CT molecular complexity index is 2840. The number of amides is 4. The molecular formula is C45H53N13O7. The first kappa shape index (κ1) is 43.2. The van der Waals surface area contributed by atoms with Crippen LogP contribution in [0.4, 0.5) is 11.9 Å². The molecule has 2 atom stereocenters. The van der Waals surface area contributed by atoms with E-state index in [1.54, 1.807) is 50.3 Å². The molecule has 3 aliphatic heterocycles. The Labute approximate surface area is 374 Å². The number of likely N-dealkylation sites (tertiary alicyclic amines) is 1. The molecule has 5 N–H and O–H groups in total. The standard InChI is InChI=1S/C45H53N13O7/c1-5-57-34(18-26(3)52-57)42(61)50-44-48-32-20-28(40(46)59)22-36-38(32)55(44)13-7-8-14-56-39-33(49-45(56)51-43(62)35-19-27(4)53-58(35)6-2)21-29(23-37(39)64-17-9-16-63-36)41(60)47-12-15-54-24-30-10-11-31(25-54)65-30/h7-8,18-23,30-31H,5-6,9-17,24-25H2,1-4H3,(H2,46,59)(H,47,60)(H,48,50,61)(H,49,51,62)/b8-7+. The lowest BCUT2D eigenvalue weighted by Crippen LogP contribution is -2.45. The summed E-state index contributed by atoms with van der Waals surface area (Å²) in [5, 5.41) is 17.9. The maximum atomic E-state index is 13.9. The Morgan fingerprint density at radius 2 is 1.22 bits per heavy atom. The number of aromatic nitrogens is 8. The van der Waals surface area contributed by atoms with Gasteiger partial charge in [0.15, 0.2) is 0 Å². The van der Waals surface area contributed by atoms with Crippen LogP contribution < -0.4 is 31.2 Å². The molecule has 3 aliphatic rings. The number of nitrogens with zero attached hydrogens (tertiary/aromatic N) is 9. The van der Waals surface area contributed by atoms with Crippen molar-refractivity contribution in [1.29, 1.82) is 0 Å². The van der Waals surface area contributed by atoms with Gasteiger partial charge in [0.05, 0.1) is 47.8 Å². The van der Waals surface area contributed by atoms with E-state index < -0.39 is 17.7 Å². The van der Waals surface area contributed by atoms with Crippen LogP contribution in [-0.4, -0.2) is 119 Å². The Kier molecular flexibility index (Phi) is 12.1. The summed E-state index contributed by atoms with van der Waals surface area (Å²) in [7, 11) is 0. The highest BCUT2D eigenvalue weighted by molar-refractivity contribution is 6.05. The molecule has 340 valence electrons. The number of anilines is 2. The Balaban J connectivity index is 1.07. The first-order valence-corrected chi connectivity index (χ1v) is 22.1. The fraction of sp³-hybridized carbons (Fsp3) is 0.422. The number of nitrogens with two attached hydrogens (primary N) is 1. The van der Waals surface area contributed by atoms with Crippen molar-refractivity contribution in [2.24, 2.45) is 5.73 Å². The zero-order valence-corrected chi connectivity index (χ0v) is 36.9. The molecule has 2 bridgehead atoms. The van der Waals surface area contributed by atoms with Crippen molar-refractivity contribution in [3.8, 4) is 11.5 Å². The third kappa shape index (κ3) is 8.90. The number of imidazole rings is 2. The summed E-state index contributed by atoms with van der Waals surface area (Å²) < 4.78 is 25.7. The van der Waals surface area contributed by atoms with Gasteiger partial charge in [0, 0.05) is 69.9 Å². The zero-order valence-electron chi connectivity index (χ0n) is 36.9. The van der Waals surface area contributed by atoms with Crippen LogP contribution in [0.25, 0.3) is 22.1 Å². The van der Waals surface area contributed by atoms with E-state index in [1.807, 2.05) is 44.4 Å². The van der Waals surface area contributed by atoms with Crippen LogP contribution in [0.15, 0.2) is 48.6 Å². The summed E-state index contributed by atoms with van der Waals surface area (Å²) in [5.74, 6) is -0.582. The largest absolute Gasteiger partial charge is 0.491 e. The van der Waals surface area contributed by atoms with Gasteiger partial charge in [-0.3, -0.25) is 44.1 Å². The predicted molar refractivity (Wildman–Crippen MR) is 241 cm³/mol. The molecule has 20 heteroatoms. The van der Waals surface area contributed by atoms with Crippen LogP contribution in [0.1, 0.15) is 86.2 Å². The number of carbonyl (C=O) groups excluding carboxylic acids is 4. The lowest BCUT2D eigenvalue weighted by molar-refractivity contribution is -0.0375. The minimum atomic E-state index is -0.665. The molecule has 0 aliphatic carbocycles. The first-order chi connectivity index (χ1) is 31.5. The van der Waals surface area contributed by atoms with Gasteiger partial charge in [0.2, 0.25) is 17.8 Å². The third-order valence-corrected chi connectivity index (χ3v) is 11.9. The number of carbonyl (C=O) groups is 4. The number of hydrogen-bond acceptors (Lipinski definition) is 12. The van der Waals surface area contributed by atoms with Gasteiger partial charge in [-0.15, -0.1) is 0 Å². The summed E-state index contributed by atoms with van der Waals surface area (Å²) in [6.45, 7) is 12.0. The van der Waals surface area contributed by atoms with Gasteiger partial charge in [-0.05, 0) is 76.9 Å². The molecule has 2 saturated heterocycles. The number of rotatable bonds is 11. The fourth-order valence-corrected chi connectivity index (χ4v) is 8.86. The van der Waals surface area contributed by atoms with Gasteiger partial charge in [0.25, 0.3) is 17.7 Å². The van der Waals surface area contributed by atoms with E-state index in [1.165, 1.54) is 0 Å². The summed E-state index contributed by atoms with van der Waals surface area (Å²) in [6.07, 6.45) is 6.81. The van der Waals surface area contributed by atoms with Crippen LogP contribution in [-0.2, 0) is 30.9 Å². The zero-order chi connectivity index (χ0) is 45.4. The smallest absolute Gasteiger partial charge is 0.276 e. The van der Waals surface area contributed by atoms with Crippen molar-refractivity contribution in [3.63, 3.8) is 0 Å². The number of benzene rings is 2. The lowest BCUT2D eigenvalue weighted by Gasteiger charge is -2.31. The number of hydrogen-bond donors (Lipinski definition) is 4. The topological polar surface area (TPSA) is 233 Å². The number of allylic oxidation sites excluding steroid dienone is 2. The molecule has 0 radical (unpaired) electrons. The molecule has 2 unspecified atom stereocenters. The first-order valence-electron chi connectivity index (χ1n) is 22.1. The van der Waals surface area contributed by atoms with Crippen molar-refractivity contribution in [1.82, 2.24) is 48.9 Å². The Morgan fingerprint density at radius 3 is 1.72 bits per heavy atom. The maximum Gasteiger partial charge on any atom is 0.276 e. The Morgan fingerprint density at radius 1 is 0.708 bits per heavy atom. The molecule has 20 nitrogen and oxygen atoms in total. The number of morpholine rings is 1. The van der Waals surface area contributed by atoms with Crippen molar-refractivity contribution in [3.05, 3.63) is 82.5 Å². The van der Waals surface area contributed by atoms with Gasteiger partial charge in [0.1, 0.15) is 33.9 Å². The average Bonchev–Trinajstić information content (AvgIpc) is 4.10. The highest BCUT2D eigenvalue weighted by Crippen LogP contribution is 2.34. The van der Waals surface area contributed by atoms with E-state index in [2.05, 4.69) is 31.0 Å². The van der Waals surface area contributed by atoms with E-state index in [0.29, 0.717) is 94.5 Å². The minimum Gasteiger partial charge on any atom is -0.491 e. The number of nitrogens with one attached hydrogen (secondary N) is 3. The van der Waals surface area contributed by atoms with E-state index in [-0.39, 0.29) is 61.9 Å². The highest BCUT2D eigenvalue weighted by Gasteiger charge is 2.33. The van der Waals surface area contributed by atoms with E-state index in [9.17, 15) is 19.2 Å². The quantitative estimate of drug-likeness (QED) is 0.135. The van der Waals surface area contributed by atoms with Crippen molar-refractivity contribution in [2.75, 3.05) is 50.0 Å². The molecule has 7 heterocycles. The second-order valence-electron chi connectivity index (χ2n) is 16.5. The average molecular weight is 888 g/mol. The third-order valence-electron chi connectivity index (χ3n) is 11.9. The van der Waals surface area contributed by atoms with Gasteiger partial charge in [-0.2, -0.15) is 10.2 Å². The number of aryl methyl sites for hydroxylation is 4. The highest BCUT2D eigenvalue weighted by atomic mass is 16.5. The summed E-state index contributed by atoms with van der Waals surface area (Å²) in [4.78, 5) is 66.0. The lowest BCUT2D eigenvalue weighted by atomic mass is 10.1. The molecule has 0 spiro atoms. The van der Waals surface area contributed by atoms with Crippen LogP contribution in [0.2, 0.25) is 0 Å². The Hall–Kier alpha value is -7.06. The van der Waals surface area contributed by atoms with Gasteiger partial charge >= 0.3 is 0 Å².